The molecule has 1 fully saturated rings. The molecular weight excluding hydrogens is 471 g/mol. The van der Waals surface area contributed by atoms with Gasteiger partial charge in [0.2, 0.25) is 10.0 Å². The third kappa shape index (κ3) is 7.00. The van der Waals surface area contributed by atoms with Gasteiger partial charge in [-0.1, -0.05) is 0 Å². The third-order valence-electron chi connectivity index (χ3n) is 4.01. The lowest BCUT2D eigenvalue weighted by molar-refractivity contribution is -0.00801. The molecule has 0 radical (unpaired) electrons. The molecule has 1 aliphatic rings. The van der Waals surface area contributed by atoms with Gasteiger partial charge in [0.15, 0.2) is 5.96 Å². The summed E-state index contributed by atoms with van der Waals surface area (Å²) >= 11 is 0. The maximum Gasteiger partial charge on any atom is 0.211 e. The first kappa shape index (κ1) is 23.1. The second kappa shape index (κ2) is 11.0. The largest absolute Gasteiger partial charge is 0.370 e. The number of morpholine rings is 1. The Labute approximate surface area is 172 Å². The number of nitrogens with one attached hydrogen (secondary N) is 2. The van der Waals surface area contributed by atoms with Crippen LogP contribution in [0, 0.1) is 0 Å². The molecule has 1 aromatic heterocycles. The van der Waals surface area contributed by atoms with Gasteiger partial charge in [-0.25, -0.2) is 13.1 Å². The van der Waals surface area contributed by atoms with E-state index in [0.717, 1.165) is 18.1 Å². The summed E-state index contributed by atoms with van der Waals surface area (Å²) in [5, 5.41) is 7.48. The minimum atomic E-state index is -3.13. The Morgan fingerprint density at radius 1 is 1.46 bits per heavy atom. The van der Waals surface area contributed by atoms with E-state index < -0.39 is 10.0 Å². The van der Waals surface area contributed by atoms with Crippen LogP contribution in [0.3, 0.4) is 0 Å². The number of rotatable bonds is 7. The first-order valence-corrected chi connectivity index (χ1v) is 10.1. The molecule has 2 rings (SSSR count). The molecule has 0 spiro atoms. The van der Waals surface area contributed by atoms with E-state index >= 15 is 0 Å². The Balaban J connectivity index is 0.00000338. The van der Waals surface area contributed by atoms with Gasteiger partial charge in [0.05, 0.1) is 25.1 Å². The summed E-state index contributed by atoms with van der Waals surface area (Å²) in [4.78, 5) is 6.47. The molecule has 0 amide bonds. The fraction of sp³-hybridized carbons (Fsp3) is 0.733. The Hall–Kier alpha value is -0.920. The summed E-state index contributed by atoms with van der Waals surface area (Å²) in [5.74, 6) is 0.904. The Morgan fingerprint density at radius 3 is 2.85 bits per heavy atom. The summed E-state index contributed by atoms with van der Waals surface area (Å²) < 4.78 is 32.9. The molecule has 1 unspecified atom stereocenters. The van der Waals surface area contributed by atoms with Gasteiger partial charge in [-0.3, -0.25) is 9.67 Å². The molecule has 1 saturated heterocycles. The van der Waals surface area contributed by atoms with Gasteiger partial charge in [-0.05, 0) is 13.3 Å². The number of halogens is 1. The van der Waals surface area contributed by atoms with Gasteiger partial charge < -0.3 is 15.0 Å². The van der Waals surface area contributed by atoms with Crippen LogP contribution in [0.1, 0.15) is 25.0 Å². The summed E-state index contributed by atoms with van der Waals surface area (Å²) in [7, 11) is 0.508. The highest BCUT2D eigenvalue weighted by Crippen LogP contribution is 2.21. The van der Waals surface area contributed by atoms with E-state index in [1.54, 1.807) is 18.7 Å². The number of hydrogen-bond acceptors (Lipinski definition) is 5. The summed E-state index contributed by atoms with van der Waals surface area (Å²) in [6.07, 6.45) is 4.44. The topological polar surface area (TPSA) is 101 Å². The highest BCUT2D eigenvalue weighted by molar-refractivity contribution is 14.0. The summed E-state index contributed by atoms with van der Waals surface area (Å²) in [5.41, 5.74) is 1.05. The summed E-state index contributed by atoms with van der Waals surface area (Å²) in [6.45, 7) is 4.78. The van der Waals surface area contributed by atoms with Crippen LogP contribution in [0.25, 0.3) is 0 Å². The predicted octanol–water partition coefficient (Wildman–Crippen LogP) is 0.316. The molecule has 0 aliphatic carbocycles. The average Bonchev–Trinajstić information content (AvgIpc) is 3.05. The zero-order valence-electron chi connectivity index (χ0n) is 15.5. The van der Waals surface area contributed by atoms with E-state index in [1.807, 2.05) is 19.4 Å². The molecule has 0 saturated carbocycles. The van der Waals surface area contributed by atoms with Crippen molar-refractivity contribution in [1.82, 2.24) is 24.7 Å². The standard InChI is InChI=1S/C15H28N6O3S.HI/c1-4-25(22,23)19-7-5-6-17-15(16-2)21-8-9-24-14(12-21)13-10-18-20(3)11-13;/h10-11,14,19H,4-9,12H2,1-3H3,(H,16,17);1H. The van der Waals surface area contributed by atoms with Crippen LogP contribution in [-0.2, 0) is 21.8 Å². The van der Waals surface area contributed by atoms with E-state index in [4.69, 9.17) is 4.74 Å². The number of nitrogens with zero attached hydrogens (tertiary/aromatic N) is 4. The highest BCUT2D eigenvalue weighted by atomic mass is 127. The van der Waals surface area contributed by atoms with Crippen LogP contribution in [0.2, 0.25) is 0 Å². The van der Waals surface area contributed by atoms with Crippen molar-refractivity contribution in [2.45, 2.75) is 19.4 Å². The van der Waals surface area contributed by atoms with E-state index in [0.29, 0.717) is 32.7 Å². The average molecular weight is 500 g/mol. The first-order valence-electron chi connectivity index (χ1n) is 8.48. The fourth-order valence-electron chi connectivity index (χ4n) is 2.60. The molecule has 1 atom stereocenters. The van der Waals surface area contributed by atoms with Gasteiger partial charge in [-0.2, -0.15) is 5.10 Å². The molecular formula is C15H29IN6O3S. The molecule has 0 bridgehead atoms. The number of ether oxygens (including phenoxy) is 1. The van der Waals surface area contributed by atoms with E-state index in [9.17, 15) is 8.42 Å². The lowest BCUT2D eigenvalue weighted by atomic mass is 10.1. The number of sulfonamides is 1. The van der Waals surface area contributed by atoms with Gasteiger partial charge in [0, 0.05) is 45.5 Å². The second-order valence-corrected chi connectivity index (χ2v) is 7.97. The van der Waals surface area contributed by atoms with Gasteiger partial charge in [0.25, 0.3) is 0 Å². The monoisotopic (exact) mass is 500 g/mol. The minimum Gasteiger partial charge on any atom is -0.370 e. The molecule has 150 valence electrons. The molecule has 11 heteroatoms. The van der Waals surface area contributed by atoms with Gasteiger partial charge in [-0.15, -0.1) is 24.0 Å². The number of aryl methyl sites for hydroxylation is 1. The number of hydrogen-bond donors (Lipinski definition) is 2. The van der Waals surface area contributed by atoms with Crippen LogP contribution in [0.5, 0.6) is 0 Å². The Kier molecular flexibility index (Phi) is 9.82. The van der Waals surface area contributed by atoms with Crippen molar-refractivity contribution in [2.75, 3.05) is 45.6 Å². The van der Waals surface area contributed by atoms with Crippen molar-refractivity contribution in [3.8, 4) is 0 Å². The van der Waals surface area contributed by atoms with Crippen molar-refractivity contribution >= 4 is 40.0 Å². The van der Waals surface area contributed by atoms with E-state index in [1.165, 1.54) is 0 Å². The predicted molar refractivity (Wildman–Crippen MR) is 112 cm³/mol. The molecule has 2 N–H and O–H groups in total. The maximum atomic E-state index is 11.4. The van der Waals surface area contributed by atoms with Gasteiger partial charge in [0.1, 0.15) is 6.10 Å². The van der Waals surface area contributed by atoms with Crippen molar-refractivity contribution in [3.05, 3.63) is 18.0 Å². The van der Waals surface area contributed by atoms with Crippen LogP contribution in [0.15, 0.2) is 17.4 Å². The molecule has 0 aromatic carbocycles. The number of aromatic nitrogens is 2. The maximum absolute atomic E-state index is 11.4. The quantitative estimate of drug-likeness (QED) is 0.242. The molecule has 9 nitrogen and oxygen atoms in total. The third-order valence-corrected chi connectivity index (χ3v) is 5.42. The minimum absolute atomic E-state index is 0. The van der Waals surface area contributed by atoms with Crippen LogP contribution in [-0.4, -0.2) is 74.6 Å². The highest BCUT2D eigenvalue weighted by Gasteiger charge is 2.24. The van der Waals surface area contributed by atoms with Crippen molar-refractivity contribution < 1.29 is 13.2 Å². The summed E-state index contributed by atoms with van der Waals surface area (Å²) in [6, 6.07) is 0. The SMILES string of the molecule is CCS(=O)(=O)NCCCNC(=NC)N1CCOC(c2cnn(C)c2)C1.I. The smallest absolute Gasteiger partial charge is 0.211 e. The fourth-order valence-corrected chi connectivity index (χ4v) is 3.26. The molecule has 1 aliphatic heterocycles. The van der Waals surface area contributed by atoms with Crippen molar-refractivity contribution in [2.24, 2.45) is 12.0 Å². The van der Waals surface area contributed by atoms with Gasteiger partial charge >= 0.3 is 0 Å². The van der Waals surface area contributed by atoms with E-state index in [-0.39, 0.29) is 35.8 Å². The van der Waals surface area contributed by atoms with Crippen molar-refractivity contribution in [3.63, 3.8) is 0 Å². The first-order chi connectivity index (χ1) is 11.9. The Bertz CT molecular complexity index is 679. The molecule has 26 heavy (non-hydrogen) atoms. The molecule has 1 aromatic rings. The zero-order chi connectivity index (χ0) is 18.3. The van der Waals surface area contributed by atoms with E-state index in [2.05, 4.69) is 25.0 Å². The van der Waals surface area contributed by atoms with Crippen LogP contribution >= 0.6 is 24.0 Å². The lowest BCUT2D eigenvalue weighted by Crippen LogP contribution is -2.48. The second-order valence-electron chi connectivity index (χ2n) is 5.88. The van der Waals surface area contributed by atoms with Crippen LogP contribution < -0.4 is 10.0 Å². The lowest BCUT2D eigenvalue weighted by Gasteiger charge is -2.34. The number of guanidine groups is 1. The zero-order valence-corrected chi connectivity index (χ0v) is 18.7. The van der Waals surface area contributed by atoms with Crippen molar-refractivity contribution in [1.29, 1.82) is 0 Å². The number of aliphatic imine (C=N–C) groups is 1. The van der Waals surface area contributed by atoms with Crippen LogP contribution in [0.4, 0.5) is 0 Å². The Morgan fingerprint density at radius 2 is 2.23 bits per heavy atom. The molecule has 2 heterocycles. The normalized spacial score (nSPS) is 18.5.